The number of amides is 1. The molecule has 1 saturated carbocycles. The Labute approximate surface area is 161 Å². The van der Waals surface area contributed by atoms with E-state index in [9.17, 15) is 4.79 Å². The summed E-state index contributed by atoms with van der Waals surface area (Å²) in [6.07, 6.45) is 5.51. The minimum Gasteiger partial charge on any atom is -0.349 e. The topological polar surface area (TPSA) is 95.6 Å². The van der Waals surface area contributed by atoms with Crippen molar-refractivity contribution in [3.05, 3.63) is 66.6 Å². The third-order valence-electron chi connectivity index (χ3n) is 4.67. The van der Waals surface area contributed by atoms with Gasteiger partial charge in [-0.05, 0) is 49.2 Å². The zero-order valence-electron chi connectivity index (χ0n) is 15.0. The summed E-state index contributed by atoms with van der Waals surface area (Å²) >= 11 is 0. The van der Waals surface area contributed by atoms with Gasteiger partial charge in [0.05, 0.1) is 23.1 Å². The summed E-state index contributed by atoms with van der Waals surface area (Å²) in [6.45, 7) is 0. The minimum atomic E-state index is -0.0480. The maximum atomic E-state index is 12.2. The maximum absolute atomic E-state index is 12.2. The Bertz CT molecular complexity index is 1160. The molecule has 1 amide bonds. The Morgan fingerprint density at radius 3 is 2.89 bits per heavy atom. The van der Waals surface area contributed by atoms with Crippen molar-refractivity contribution in [2.45, 2.75) is 18.9 Å². The number of fused-ring (bicyclic) bond motifs is 1. The van der Waals surface area contributed by atoms with Crippen LogP contribution < -0.4 is 10.6 Å². The number of nitrogens with zero attached hydrogens (tertiary/aromatic N) is 3. The molecule has 138 valence electrons. The predicted octanol–water partition coefficient (Wildman–Crippen LogP) is 3.66. The summed E-state index contributed by atoms with van der Waals surface area (Å²) in [4.78, 5) is 28.5. The molecule has 7 nitrogen and oxygen atoms in total. The second-order valence-corrected chi connectivity index (χ2v) is 6.85. The van der Waals surface area contributed by atoms with Crippen molar-refractivity contribution in [1.29, 1.82) is 0 Å². The third-order valence-corrected chi connectivity index (χ3v) is 4.67. The van der Waals surface area contributed by atoms with Gasteiger partial charge < -0.3 is 15.6 Å². The van der Waals surface area contributed by atoms with Crippen LogP contribution in [0, 0.1) is 0 Å². The number of rotatable bonds is 5. The molecule has 2 aromatic heterocycles. The zero-order valence-corrected chi connectivity index (χ0v) is 15.0. The fraction of sp³-hybridized carbons (Fsp3) is 0.143. The van der Waals surface area contributed by atoms with Crippen molar-refractivity contribution < 1.29 is 4.79 Å². The van der Waals surface area contributed by atoms with Gasteiger partial charge in [0.1, 0.15) is 0 Å². The number of aromatic amines is 1. The average molecular weight is 370 g/mol. The second kappa shape index (κ2) is 6.77. The Morgan fingerprint density at radius 2 is 2.00 bits per heavy atom. The first-order valence-corrected chi connectivity index (χ1v) is 9.19. The third kappa shape index (κ3) is 3.42. The van der Waals surface area contributed by atoms with E-state index in [1.54, 1.807) is 18.6 Å². The summed E-state index contributed by atoms with van der Waals surface area (Å²) in [5.41, 5.74) is 5.02. The number of hydrogen-bond acceptors (Lipinski definition) is 5. The van der Waals surface area contributed by atoms with Gasteiger partial charge in [-0.3, -0.25) is 4.79 Å². The van der Waals surface area contributed by atoms with E-state index in [-0.39, 0.29) is 5.91 Å². The molecule has 0 unspecified atom stereocenters. The first-order chi connectivity index (χ1) is 13.7. The highest BCUT2D eigenvalue weighted by molar-refractivity contribution is 5.95. The molecule has 2 aromatic carbocycles. The van der Waals surface area contributed by atoms with Crippen molar-refractivity contribution in [2.24, 2.45) is 0 Å². The second-order valence-electron chi connectivity index (χ2n) is 6.85. The molecule has 1 fully saturated rings. The fourth-order valence-corrected chi connectivity index (χ4v) is 3.03. The maximum Gasteiger partial charge on any atom is 0.251 e. The molecule has 2 heterocycles. The quantitative estimate of drug-likeness (QED) is 0.498. The van der Waals surface area contributed by atoms with Crippen molar-refractivity contribution in [1.82, 2.24) is 25.3 Å². The van der Waals surface area contributed by atoms with Crippen LogP contribution in [0.1, 0.15) is 23.2 Å². The van der Waals surface area contributed by atoms with Crippen LogP contribution in [-0.2, 0) is 0 Å². The standard InChI is InChI=1S/C21H18N6O/c28-20(25-15-5-6-15)14-2-1-3-16(10-14)26-21-22-9-8-17(27-21)13-4-7-18-19(11-13)24-12-23-18/h1-4,7-12,15H,5-6H2,(H,23,24)(H,25,28)(H,22,26,27). The number of anilines is 2. The lowest BCUT2D eigenvalue weighted by Gasteiger charge is -2.09. The van der Waals surface area contributed by atoms with Gasteiger partial charge in [0.25, 0.3) is 5.91 Å². The van der Waals surface area contributed by atoms with Gasteiger partial charge in [-0.25, -0.2) is 15.0 Å². The van der Waals surface area contributed by atoms with E-state index in [1.807, 2.05) is 42.5 Å². The fourth-order valence-electron chi connectivity index (χ4n) is 3.03. The van der Waals surface area contributed by atoms with Crippen LogP contribution >= 0.6 is 0 Å². The molecule has 0 saturated heterocycles. The molecule has 1 aliphatic carbocycles. The van der Waals surface area contributed by atoms with Crippen LogP contribution in [-0.4, -0.2) is 31.9 Å². The van der Waals surface area contributed by atoms with Crippen molar-refractivity contribution in [3.63, 3.8) is 0 Å². The molecule has 5 rings (SSSR count). The van der Waals surface area contributed by atoms with Crippen molar-refractivity contribution in [3.8, 4) is 11.3 Å². The number of carbonyl (C=O) groups is 1. The van der Waals surface area contributed by atoms with Gasteiger partial charge in [-0.15, -0.1) is 0 Å². The van der Waals surface area contributed by atoms with Gasteiger partial charge in [-0.2, -0.15) is 0 Å². The van der Waals surface area contributed by atoms with E-state index in [4.69, 9.17) is 0 Å². The minimum absolute atomic E-state index is 0.0480. The molecular formula is C21H18N6O. The van der Waals surface area contributed by atoms with E-state index in [1.165, 1.54) is 0 Å². The summed E-state index contributed by atoms with van der Waals surface area (Å²) in [6, 6.07) is 15.5. The smallest absolute Gasteiger partial charge is 0.251 e. The molecule has 0 radical (unpaired) electrons. The first kappa shape index (κ1) is 16.4. The van der Waals surface area contributed by atoms with Gasteiger partial charge in [0.15, 0.2) is 0 Å². The lowest BCUT2D eigenvalue weighted by atomic mass is 10.1. The lowest BCUT2D eigenvalue weighted by molar-refractivity contribution is 0.0951. The van der Waals surface area contributed by atoms with E-state index in [2.05, 4.69) is 30.6 Å². The number of hydrogen-bond donors (Lipinski definition) is 3. The van der Waals surface area contributed by atoms with Crippen LogP contribution in [0.15, 0.2) is 61.1 Å². The van der Waals surface area contributed by atoms with Gasteiger partial charge in [0.2, 0.25) is 5.95 Å². The van der Waals surface area contributed by atoms with E-state index in [0.717, 1.165) is 40.8 Å². The van der Waals surface area contributed by atoms with E-state index < -0.39 is 0 Å². The van der Waals surface area contributed by atoms with E-state index in [0.29, 0.717) is 17.6 Å². The molecule has 0 bridgehead atoms. The predicted molar refractivity (Wildman–Crippen MR) is 107 cm³/mol. The Hall–Kier alpha value is -3.74. The number of imidazole rings is 1. The number of carbonyl (C=O) groups excluding carboxylic acids is 1. The summed E-state index contributed by atoms with van der Waals surface area (Å²) in [5, 5.41) is 6.18. The van der Waals surface area contributed by atoms with Gasteiger partial charge in [0, 0.05) is 29.1 Å². The Morgan fingerprint density at radius 1 is 1.07 bits per heavy atom. The lowest BCUT2D eigenvalue weighted by Crippen LogP contribution is -2.25. The van der Waals surface area contributed by atoms with Gasteiger partial charge >= 0.3 is 0 Å². The van der Waals surface area contributed by atoms with Crippen molar-refractivity contribution >= 4 is 28.6 Å². The SMILES string of the molecule is O=C(NC1CC1)c1cccc(Nc2nccc(-c3ccc4[nH]cnc4c3)n2)c1. The highest BCUT2D eigenvalue weighted by Crippen LogP contribution is 2.23. The van der Waals surface area contributed by atoms with Crippen LogP contribution in [0.25, 0.3) is 22.3 Å². The molecule has 3 N–H and O–H groups in total. The normalized spacial score (nSPS) is 13.4. The monoisotopic (exact) mass is 370 g/mol. The first-order valence-electron chi connectivity index (χ1n) is 9.19. The number of nitrogens with one attached hydrogen (secondary N) is 3. The summed E-state index contributed by atoms with van der Waals surface area (Å²) < 4.78 is 0. The Balaban J connectivity index is 1.38. The van der Waals surface area contributed by atoms with Crippen LogP contribution in [0.3, 0.4) is 0 Å². The van der Waals surface area contributed by atoms with Crippen LogP contribution in [0.5, 0.6) is 0 Å². The molecule has 0 spiro atoms. The number of aromatic nitrogens is 4. The van der Waals surface area contributed by atoms with Crippen molar-refractivity contribution in [2.75, 3.05) is 5.32 Å². The molecule has 28 heavy (non-hydrogen) atoms. The highest BCUT2D eigenvalue weighted by atomic mass is 16.1. The summed E-state index contributed by atoms with van der Waals surface area (Å²) in [5.74, 6) is 0.424. The van der Waals surface area contributed by atoms with Crippen LogP contribution in [0.2, 0.25) is 0 Å². The highest BCUT2D eigenvalue weighted by Gasteiger charge is 2.23. The largest absolute Gasteiger partial charge is 0.349 e. The molecule has 0 atom stereocenters. The molecule has 7 heteroatoms. The van der Waals surface area contributed by atoms with Gasteiger partial charge in [-0.1, -0.05) is 12.1 Å². The average Bonchev–Trinajstić information content (AvgIpc) is 3.41. The zero-order chi connectivity index (χ0) is 18.9. The van der Waals surface area contributed by atoms with E-state index >= 15 is 0 Å². The molecule has 1 aliphatic rings. The molecule has 4 aromatic rings. The molecular weight excluding hydrogens is 352 g/mol. The summed E-state index contributed by atoms with van der Waals surface area (Å²) in [7, 11) is 0. The van der Waals surface area contributed by atoms with Crippen LogP contribution in [0.4, 0.5) is 11.6 Å². The number of H-pyrrole nitrogens is 1. The molecule has 0 aliphatic heterocycles. The number of benzene rings is 2. The Kier molecular flexibility index (Phi) is 3.97.